The van der Waals surface area contributed by atoms with E-state index in [2.05, 4.69) is 29.8 Å². The molecular weight excluding hydrogens is 350 g/mol. The van der Waals surface area contributed by atoms with Gasteiger partial charge in [-0.2, -0.15) is 0 Å². The van der Waals surface area contributed by atoms with E-state index in [4.69, 9.17) is 10.5 Å². The van der Waals surface area contributed by atoms with Gasteiger partial charge in [-0.25, -0.2) is 4.79 Å². The number of rotatable bonds is 4. The zero-order valence-electron chi connectivity index (χ0n) is 12.3. The maximum absolute atomic E-state index is 12.1. The molecule has 0 atom stereocenters. The molecule has 2 aromatic rings. The second-order valence-electron chi connectivity index (χ2n) is 4.97. The highest BCUT2D eigenvalue weighted by Gasteiger charge is 2.24. The summed E-state index contributed by atoms with van der Waals surface area (Å²) in [5.74, 6) is -0.110. The van der Waals surface area contributed by atoms with Gasteiger partial charge in [0.25, 0.3) is 0 Å². The van der Waals surface area contributed by atoms with Gasteiger partial charge < -0.3 is 10.5 Å². The van der Waals surface area contributed by atoms with Gasteiger partial charge in [-0.3, -0.25) is 0 Å². The normalized spacial score (nSPS) is 10.9. The molecule has 112 valence electrons. The monoisotopic (exact) mass is 367 g/mol. The molecule has 0 saturated heterocycles. The first-order valence-electron chi connectivity index (χ1n) is 6.80. The van der Waals surface area contributed by atoms with Gasteiger partial charge in [0.15, 0.2) is 0 Å². The summed E-state index contributed by atoms with van der Waals surface area (Å²) in [5, 5.41) is 0. The van der Waals surface area contributed by atoms with Crippen molar-refractivity contribution in [2.75, 3.05) is 12.3 Å². The second kappa shape index (κ2) is 6.62. The minimum Gasteiger partial charge on any atom is -0.462 e. The smallest absolute Gasteiger partial charge is 0.350 e. The Morgan fingerprint density at radius 3 is 2.71 bits per heavy atom. The van der Waals surface area contributed by atoms with Crippen LogP contribution in [-0.2, 0) is 4.74 Å². The van der Waals surface area contributed by atoms with Crippen LogP contribution in [0.4, 0.5) is 5.69 Å². The first-order valence-corrected chi connectivity index (χ1v) is 8.41. The maximum atomic E-state index is 12.1. The third kappa shape index (κ3) is 3.30. The number of carbonyl (C=O) groups excluding carboxylic acids is 1. The van der Waals surface area contributed by atoms with Gasteiger partial charge in [0.1, 0.15) is 4.88 Å². The summed E-state index contributed by atoms with van der Waals surface area (Å²) >= 11 is 4.89. The first kappa shape index (κ1) is 16.0. The molecule has 0 bridgehead atoms. The van der Waals surface area contributed by atoms with Crippen LogP contribution in [0.3, 0.4) is 0 Å². The lowest BCUT2D eigenvalue weighted by molar-refractivity contribution is 0.0533. The molecule has 21 heavy (non-hydrogen) atoms. The average molecular weight is 368 g/mol. The van der Waals surface area contributed by atoms with Crippen molar-refractivity contribution in [3.8, 4) is 10.4 Å². The summed E-state index contributed by atoms with van der Waals surface area (Å²) in [6.07, 6.45) is 0. The number of nitrogen functional groups attached to an aromatic ring is 1. The van der Waals surface area contributed by atoms with Gasteiger partial charge in [-0.1, -0.05) is 41.9 Å². The number of halogens is 1. The predicted molar refractivity (Wildman–Crippen MR) is 91.9 cm³/mol. The number of hydrogen-bond acceptors (Lipinski definition) is 4. The number of anilines is 1. The SMILES string of the molecule is CCOC(=O)c1sc(-c2cccc(Br)c2)c(C(C)C)c1N. The predicted octanol–water partition coefficient (Wildman–Crippen LogP) is 5.06. The molecule has 0 fully saturated rings. The van der Waals surface area contributed by atoms with Gasteiger partial charge in [0, 0.05) is 9.35 Å². The van der Waals surface area contributed by atoms with Crippen LogP contribution >= 0.6 is 27.3 Å². The van der Waals surface area contributed by atoms with Crippen molar-refractivity contribution < 1.29 is 9.53 Å². The zero-order chi connectivity index (χ0) is 15.6. The van der Waals surface area contributed by atoms with E-state index in [9.17, 15) is 4.79 Å². The number of esters is 1. The van der Waals surface area contributed by atoms with Crippen molar-refractivity contribution in [2.45, 2.75) is 26.7 Å². The highest BCUT2D eigenvalue weighted by molar-refractivity contribution is 9.10. The van der Waals surface area contributed by atoms with E-state index in [1.54, 1.807) is 6.92 Å². The molecule has 0 aliphatic rings. The molecule has 1 aromatic carbocycles. The molecule has 0 aliphatic carbocycles. The molecule has 0 unspecified atom stereocenters. The Hall–Kier alpha value is -1.33. The number of nitrogens with two attached hydrogens (primary N) is 1. The summed E-state index contributed by atoms with van der Waals surface area (Å²) in [6, 6.07) is 8.01. The summed E-state index contributed by atoms with van der Waals surface area (Å²) in [7, 11) is 0. The lowest BCUT2D eigenvalue weighted by Gasteiger charge is -2.09. The van der Waals surface area contributed by atoms with Crippen LogP contribution in [0.1, 0.15) is 41.9 Å². The molecule has 3 nitrogen and oxygen atoms in total. The van der Waals surface area contributed by atoms with E-state index in [1.165, 1.54) is 11.3 Å². The summed E-state index contributed by atoms with van der Waals surface area (Å²) in [5.41, 5.74) is 8.83. The number of benzene rings is 1. The van der Waals surface area contributed by atoms with Crippen molar-refractivity contribution in [1.82, 2.24) is 0 Å². The molecule has 5 heteroatoms. The fourth-order valence-corrected chi connectivity index (χ4v) is 3.89. The minimum atomic E-state index is -0.344. The molecule has 0 saturated carbocycles. The Balaban J connectivity index is 2.60. The molecule has 1 aromatic heterocycles. The summed E-state index contributed by atoms with van der Waals surface area (Å²) in [6.45, 7) is 6.29. The Kier molecular flexibility index (Phi) is 5.06. The second-order valence-corrected chi connectivity index (χ2v) is 6.91. The number of ether oxygens (including phenoxy) is 1. The molecule has 0 aliphatic heterocycles. The molecular formula is C16H18BrNO2S. The van der Waals surface area contributed by atoms with Crippen LogP contribution < -0.4 is 5.73 Å². The Bertz CT molecular complexity index is 664. The largest absolute Gasteiger partial charge is 0.462 e. The fourth-order valence-electron chi connectivity index (χ4n) is 2.22. The van der Waals surface area contributed by atoms with Crippen LogP contribution in [0.15, 0.2) is 28.7 Å². The van der Waals surface area contributed by atoms with Crippen LogP contribution in [0.25, 0.3) is 10.4 Å². The fraction of sp³-hybridized carbons (Fsp3) is 0.312. The minimum absolute atomic E-state index is 0.235. The van der Waals surface area contributed by atoms with Crippen molar-refractivity contribution in [3.63, 3.8) is 0 Å². The van der Waals surface area contributed by atoms with Gasteiger partial charge in [0.2, 0.25) is 0 Å². The van der Waals surface area contributed by atoms with Crippen LogP contribution in [0, 0.1) is 0 Å². The van der Waals surface area contributed by atoms with Crippen molar-refractivity contribution in [3.05, 3.63) is 39.2 Å². The Morgan fingerprint density at radius 2 is 2.14 bits per heavy atom. The molecule has 2 N–H and O–H groups in total. The quantitative estimate of drug-likeness (QED) is 0.768. The number of hydrogen-bond donors (Lipinski definition) is 1. The first-order chi connectivity index (χ1) is 9.95. The average Bonchev–Trinajstić information content (AvgIpc) is 2.77. The van der Waals surface area contributed by atoms with E-state index in [1.807, 2.05) is 24.3 Å². The van der Waals surface area contributed by atoms with Crippen molar-refractivity contribution >= 4 is 38.9 Å². The third-order valence-corrected chi connectivity index (χ3v) is 4.85. The Labute approximate surface area is 137 Å². The van der Waals surface area contributed by atoms with Crippen LogP contribution in [0.5, 0.6) is 0 Å². The highest BCUT2D eigenvalue weighted by Crippen LogP contribution is 2.43. The molecule has 0 radical (unpaired) electrons. The number of thiophene rings is 1. The Morgan fingerprint density at radius 1 is 1.43 bits per heavy atom. The third-order valence-electron chi connectivity index (χ3n) is 3.11. The lowest BCUT2D eigenvalue weighted by Crippen LogP contribution is -2.06. The van der Waals surface area contributed by atoms with Gasteiger partial charge in [-0.15, -0.1) is 11.3 Å². The molecule has 0 amide bonds. The topological polar surface area (TPSA) is 52.3 Å². The highest BCUT2D eigenvalue weighted by atomic mass is 79.9. The lowest BCUT2D eigenvalue weighted by atomic mass is 9.98. The van der Waals surface area contributed by atoms with Crippen LogP contribution in [-0.4, -0.2) is 12.6 Å². The number of carbonyl (C=O) groups is 1. The maximum Gasteiger partial charge on any atom is 0.350 e. The summed E-state index contributed by atoms with van der Waals surface area (Å²) in [4.78, 5) is 13.6. The van der Waals surface area contributed by atoms with E-state index in [0.717, 1.165) is 20.5 Å². The summed E-state index contributed by atoms with van der Waals surface area (Å²) < 4.78 is 6.10. The standard InChI is InChI=1S/C16H18BrNO2S/c1-4-20-16(19)15-13(18)12(9(2)3)14(21-15)10-6-5-7-11(17)8-10/h5-9H,4,18H2,1-3H3. The molecule has 1 heterocycles. The van der Waals surface area contributed by atoms with Crippen molar-refractivity contribution in [2.24, 2.45) is 0 Å². The van der Waals surface area contributed by atoms with Gasteiger partial charge >= 0.3 is 5.97 Å². The van der Waals surface area contributed by atoms with E-state index < -0.39 is 0 Å². The van der Waals surface area contributed by atoms with E-state index >= 15 is 0 Å². The molecule has 2 rings (SSSR count). The van der Waals surface area contributed by atoms with Crippen molar-refractivity contribution in [1.29, 1.82) is 0 Å². The van der Waals surface area contributed by atoms with Crippen LogP contribution in [0.2, 0.25) is 0 Å². The zero-order valence-corrected chi connectivity index (χ0v) is 14.7. The van der Waals surface area contributed by atoms with Gasteiger partial charge in [0.05, 0.1) is 12.3 Å². The van der Waals surface area contributed by atoms with E-state index in [0.29, 0.717) is 17.2 Å². The molecule has 0 spiro atoms. The van der Waals surface area contributed by atoms with Gasteiger partial charge in [-0.05, 0) is 36.1 Å². The van der Waals surface area contributed by atoms with E-state index in [-0.39, 0.29) is 11.9 Å².